The van der Waals surface area contributed by atoms with E-state index >= 15 is 0 Å². The van der Waals surface area contributed by atoms with Gasteiger partial charge in [-0.25, -0.2) is 0 Å². The van der Waals surface area contributed by atoms with Crippen molar-refractivity contribution in [2.75, 3.05) is 12.4 Å². The molecule has 1 aromatic carbocycles. The molecule has 0 heterocycles. The first kappa shape index (κ1) is 15.8. The second-order valence-corrected chi connectivity index (χ2v) is 5.31. The Morgan fingerprint density at radius 1 is 1.47 bits per heavy atom. The predicted octanol–water partition coefficient (Wildman–Crippen LogP) is 2.71. The van der Waals surface area contributed by atoms with Gasteiger partial charge in [0.2, 0.25) is 0 Å². The zero-order chi connectivity index (χ0) is 14.6. The first-order valence-corrected chi connectivity index (χ1v) is 6.53. The molecule has 0 saturated carbocycles. The summed E-state index contributed by atoms with van der Waals surface area (Å²) < 4.78 is 38.6. The van der Waals surface area contributed by atoms with Crippen LogP contribution in [0, 0.1) is 11.3 Å². The van der Waals surface area contributed by atoms with Crippen LogP contribution in [0.15, 0.2) is 23.1 Å². The number of alkyl halides is 3. The molecule has 0 fully saturated rings. The smallest absolute Gasteiger partial charge is 0.396 e. The molecule has 0 saturated heterocycles. The number of aliphatic hydroxyl groups excluding tert-OH is 1. The van der Waals surface area contributed by atoms with Crippen molar-refractivity contribution < 1.29 is 18.3 Å². The molecular formula is C12H15F3N2OS. The molecule has 1 atom stereocenters. The van der Waals surface area contributed by atoms with Crippen LogP contribution in [0.5, 0.6) is 0 Å². The summed E-state index contributed by atoms with van der Waals surface area (Å²) in [5, 5.41) is 16.0. The van der Waals surface area contributed by atoms with Gasteiger partial charge in [-0.05, 0) is 24.1 Å². The molecule has 0 aliphatic carbocycles. The average molecular weight is 292 g/mol. The number of halogens is 3. The largest absolute Gasteiger partial charge is 0.417 e. The van der Waals surface area contributed by atoms with Gasteiger partial charge in [0.1, 0.15) is 5.84 Å². The average Bonchev–Trinajstić information content (AvgIpc) is 2.34. The van der Waals surface area contributed by atoms with Crippen molar-refractivity contribution in [3.8, 4) is 0 Å². The van der Waals surface area contributed by atoms with Crippen molar-refractivity contribution in [2.45, 2.75) is 18.0 Å². The number of hydrogen-bond acceptors (Lipinski definition) is 3. The highest BCUT2D eigenvalue weighted by Crippen LogP contribution is 2.35. The molecule has 0 aliphatic rings. The third-order valence-electron chi connectivity index (χ3n) is 2.43. The molecule has 0 aliphatic heterocycles. The van der Waals surface area contributed by atoms with Gasteiger partial charge >= 0.3 is 6.18 Å². The third-order valence-corrected chi connectivity index (χ3v) is 3.76. The second-order valence-electron chi connectivity index (χ2n) is 4.22. The maximum atomic E-state index is 12.9. The molecule has 0 bridgehead atoms. The van der Waals surface area contributed by atoms with E-state index < -0.39 is 17.6 Å². The summed E-state index contributed by atoms with van der Waals surface area (Å²) in [6.45, 7) is 1.80. The maximum Gasteiger partial charge on any atom is 0.417 e. The van der Waals surface area contributed by atoms with Crippen LogP contribution in [-0.2, 0) is 6.18 Å². The van der Waals surface area contributed by atoms with Crippen LogP contribution in [0.4, 0.5) is 13.2 Å². The lowest BCUT2D eigenvalue weighted by Crippen LogP contribution is -2.18. The topological polar surface area (TPSA) is 70.1 Å². The number of hydrogen-bond donors (Lipinski definition) is 3. The molecule has 0 radical (unpaired) electrons. The first-order chi connectivity index (χ1) is 8.75. The number of rotatable bonds is 5. The summed E-state index contributed by atoms with van der Waals surface area (Å²) >= 11 is 1.23. The predicted molar refractivity (Wildman–Crippen MR) is 69.4 cm³/mol. The lowest BCUT2D eigenvalue weighted by atomic mass is 10.1. The van der Waals surface area contributed by atoms with Crippen molar-refractivity contribution in [1.29, 1.82) is 5.41 Å². The van der Waals surface area contributed by atoms with Gasteiger partial charge < -0.3 is 10.8 Å². The van der Waals surface area contributed by atoms with Crippen LogP contribution in [0.1, 0.15) is 18.1 Å². The van der Waals surface area contributed by atoms with E-state index in [0.717, 1.165) is 6.07 Å². The van der Waals surface area contributed by atoms with Gasteiger partial charge in [0.25, 0.3) is 0 Å². The summed E-state index contributed by atoms with van der Waals surface area (Å²) in [5.41, 5.74) is 3.93. The minimum Gasteiger partial charge on any atom is -0.396 e. The summed E-state index contributed by atoms with van der Waals surface area (Å²) in [5.74, 6) is -0.0767. The van der Waals surface area contributed by atoms with E-state index in [9.17, 15) is 13.2 Å². The zero-order valence-corrected chi connectivity index (χ0v) is 11.1. The quantitative estimate of drug-likeness (QED) is 0.444. The van der Waals surface area contributed by atoms with E-state index in [1.165, 1.54) is 23.9 Å². The molecular weight excluding hydrogens is 277 g/mol. The molecule has 1 rings (SSSR count). The van der Waals surface area contributed by atoms with Gasteiger partial charge in [-0.3, -0.25) is 5.41 Å². The van der Waals surface area contributed by atoms with Crippen LogP contribution in [0.2, 0.25) is 0 Å². The molecule has 0 spiro atoms. The Morgan fingerprint density at radius 3 is 2.58 bits per heavy atom. The van der Waals surface area contributed by atoms with Gasteiger partial charge in [0.05, 0.1) is 5.56 Å². The highest BCUT2D eigenvalue weighted by atomic mass is 32.2. The summed E-state index contributed by atoms with van der Waals surface area (Å²) in [6.07, 6.45) is -4.54. The van der Waals surface area contributed by atoms with E-state index in [2.05, 4.69) is 0 Å². The maximum absolute atomic E-state index is 12.9. The number of benzene rings is 1. The number of aliphatic hydroxyl groups is 1. The Balaban J connectivity index is 3.02. The number of amidine groups is 1. The van der Waals surface area contributed by atoms with Gasteiger partial charge in [0.15, 0.2) is 0 Å². The Labute approximate surface area is 113 Å². The standard InChI is InChI=1S/C12H15F3N2OS/c1-7(5-18)6-19-8-2-3-9(11(16)17)10(4-8)12(13,14)15/h2-4,7,18H,5-6H2,1H3,(H3,16,17). The van der Waals surface area contributed by atoms with E-state index in [-0.39, 0.29) is 18.1 Å². The van der Waals surface area contributed by atoms with E-state index in [1.807, 2.05) is 6.92 Å². The number of nitrogens with one attached hydrogen (secondary N) is 1. The van der Waals surface area contributed by atoms with E-state index in [1.54, 1.807) is 0 Å². The first-order valence-electron chi connectivity index (χ1n) is 5.55. The molecule has 3 nitrogen and oxygen atoms in total. The molecule has 4 N–H and O–H groups in total. The van der Waals surface area contributed by atoms with Gasteiger partial charge in [-0.1, -0.05) is 6.92 Å². The van der Waals surface area contributed by atoms with E-state index in [0.29, 0.717) is 10.6 Å². The van der Waals surface area contributed by atoms with Gasteiger partial charge in [-0.15, -0.1) is 11.8 Å². The molecule has 0 aromatic heterocycles. The van der Waals surface area contributed by atoms with Crippen LogP contribution in [0.25, 0.3) is 0 Å². The molecule has 7 heteroatoms. The summed E-state index contributed by atoms with van der Waals surface area (Å²) in [6, 6.07) is 3.70. The lowest BCUT2D eigenvalue weighted by molar-refractivity contribution is -0.137. The molecule has 1 unspecified atom stereocenters. The van der Waals surface area contributed by atoms with Crippen LogP contribution < -0.4 is 5.73 Å². The Morgan fingerprint density at radius 2 is 2.11 bits per heavy atom. The third kappa shape index (κ3) is 4.43. The SMILES string of the molecule is CC(CO)CSc1ccc(C(=N)N)c(C(F)(F)F)c1. The molecule has 106 valence electrons. The molecule has 0 amide bonds. The number of thioether (sulfide) groups is 1. The normalized spacial score (nSPS) is 13.3. The number of nitrogen functional groups attached to an aromatic ring is 1. The Bertz CT molecular complexity index is 463. The van der Waals surface area contributed by atoms with Crippen molar-refractivity contribution >= 4 is 17.6 Å². The lowest BCUT2D eigenvalue weighted by Gasteiger charge is -2.14. The van der Waals surface area contributed by atoms with E-state index in [4.69, 9.17) is 16.2 Å². The highest BCUT2D eigenvalue weighted by Gasteiger charge is 2.34. The number of nitrogens with two attached hydrogens (primary N) is 1. The summed E-state index contributed by atoms with van der Waals surface area (Å²) in [7, 11) is 0. The molecule has 19 heavy (non-hydrogen) atoms. The molecule has 1 aromatic rings. The fourth-order valence-corrected chi connectivity index (χ4v) is 2.32. The summed E-state index contributed by atoms with van der Waals surface area (Å²) in [4.78, 5) is 0.442. The van der Waals surface area contributed by atoms with Gasteiger partial charge in [-0.2, -0.15) is 13.2 Å². The Kier molecular flexibility index (Phi) is 5.25. The van der Waals surface area contributed by atoms with Crippen molar-refractivity contribution in [3.05, 3.63) is 29.3 Å². The fourth-order valence-electron chi connectivity index (χ4n) is 1.37. The Hall–Kier alpha value is -1.21. The fraction of sp³-hybridized carbons (Fsp3) is 0.417. The van der Waals surface area contributed by atoms with Crippen molar-refractivity contribution in [2.24, 2.45) is 11.7 Å². The highest BCUT2D eigenvalue weighted by molar-refractivity contribution is 7.99. The van der Waals surface area contributed by atoms with Crippen LogP contribution in [-0.4, -0.2) is 23.3 Å². The van der Waals surface area contributed by atoms with Crippen molar-refractivity contribution in [3.63, 3.8) is 0 Å². The minimum absolute atomic E-state index is 0.00632. The van der Waals surface area contributed by atoms with Crippen molar-refractivity contribution in [1.82, 2.24) is 0 Å². The van der Waals surface area contributed by atoms with Gasteiger partial charge in [0, 0.05) is 22.8 Å². The van der Waals surface area contributed by atoms with Crippen LogP contribution in [0.3, 0.4) is 0 Å². The minimum atomic E-state index is -4.54. The zero-order valence-electron chi connectivity index (χ0n) is 10.3. The monoisotopic (exact) mass is 292 g/mol. The van der Waals surface area contributed by atoms with Crippen LogP contribution >= 0.6 is 11.8 Å². The second kappa shape index (κ2) is 6.29.